The molecule has 0 bridgehead atoms. The molecule has 6 nitrogen and oxygen atoms in total. The van der Waals surface area contributed by atoms with Crippen LogP contribution >= 0.6 is 0 Å². The number of pyridine rings is 1. The van der Waals surface area contributed by atoms with E-state index in [4.69, 9.17) is 0 Å². The van der Waals surface area contributed by atoms with Gasteiger partial charge in [0, 0.05) is 30.1 Å². The van der Waals surface area contributed by atoms with E-state index in [1.807, 2.05) is 12.1 Å². The molecule has 1 aliphatic heterocycles. The number of imide groups is 1. The highest BCUT2D eigenvalue weighted by Gasteiger charge is 2.39. The summed E-state index contributed by atoms with van der Waals surface area (Å²) in [6, 6.07) is 12.4. The maximum Gasteiger partial charge on any atom is 0.266 e. The Hall–Kier alpha value is -2.86. The van der Waals surface area contributed by atoms with Crippen LogP contribution < -0.4 is 10.2 Å². The fraction of sp³-hybridized carbons (Fsp3) is 0.364. The summed E-state index contributed by atoms with van der Waals surface area (Å²) in [6.07, 6.45) is 4.11. The number of rotatable bonds is 6. The van der Waals surface area contributed by atoms with E-state index in [1.165, 1.54) is 0 Å². The van der Waals surface area contributed by atoms with Gasteiger partial charge in [-0.1, -0.05) is 24.3 Å². The van der Waals surface area contributed by atoms with Gasteiger partial charge >= 0.3 is 0 Å². The monoisotopic (exact) mass is 378 g/mol. The number of aliphatic imine (C=N–C) groups is 1. The summed E-state index contributed by atoms with van der Waals surface area (Å²) in [5.74, 6) is -0.927. The molecule has 1 atom stereocenters. The van der Waals surface area contributed by atoms with Gasteiger partial charge in [-0.3, -0.25) is 14.6 Å². The van der Waals surface area contributed by atoms with Crippen molar-refractivity contribution in [1.29, 1.82) is 0 Å². The van der Waals surface area contributed by atoms with Gasteiger partial charge in [-0.05, 0) is 57.5 Å². The summed E-state index contributed by atoms with van der Waals surface area (Å²) in [4.78, 5) is 35.8. The second kappa shape index (κ2) is 8.44. The van der Waals surface area contributed by atoms with E-state index in [9.17, 15) is 9.59 Å². The molecule has 1 aliphatic rings. The molecule has 2 heterocycles. The predicted molar refractivity (Wildman–Crippen MR) is 111 cm³/mol. The Morgan fingerprint density at radius 3 is 2.61 bits per heavy atom. The lowest BCUT2D eigenvalue weighted by molar-refractivity contribution is -0.118. The number of amides is 2. The van der Waals surface area contributed by atoms with Gasteiger partial charge in [-0.15, -0.1) is 0 Å². The van der Waals surface area contributed by atoms with Gasteiger partial charge < -0.3 is 5.32 Å². The molecule has 2 aromatic rings. The molecule has 1 N–H and O–H groups in total. The number of aromatic nitrogens is 1. The Morgan fingerprint density at radius 2 is 1.89 bits per heavy atom. The summed E-state index contributed by atoms with van der Waals surface area (Å²) in [5.41, 5.74) is 1.28. The zero-order valence-corrected chi connectivity index (χ0v) is 16.6. The summed E-state index contributed by atoms with van der Waals surface area (Å²) in [5, 5.41) is 3.42. The lowest BCUT2D eigenvalue weighted by atomic mass is 9.89. The van der Waals surface area contributed by atoms with Crippen LogP contribution in [0.2, 0.25) is 0 Å². The highest BCUT2D eigenvalue weighted by atomic mass is 16.2. The van der Waals surface area contributed by atoms with Gasteiger partial charge in [0.1, 0.15) is 5.82 Å². The average Bonchev–Trinajstić information content (AvgIpc) is 2.67. The summed E-state index contributed by atoms with van der Waals surface area (Å²) >= 11 is 0. The molecule has 1 aromatic heterocycles. The Morgan fingerprint density at radius 1 is 1.14 bits per heavy atom. The number of benzene rings is 1. The van der Waals surface area contributed by atoms with E-state index in [1.54, 1.807) is 42.7 Å². The molecule has 2 amide bonds. The lowest BCUT2D eigenvalue weighted by Crippen LogP contribution is -2.46. The summed E-state index contributed by atoms with van der Waals surface area (Å²) in [7, 11) is 0. The summed E-state index contributed by atoms with van der Waals surface area (Å²) in [6.45, 7) is 7.84. The third-order valence-electron chi connectivity index (χ3n) is 4.47. The second-order valence-corrected chi connectivity index (χ2v) is 7.82. The van der Waals surface area contributed by atoms with E-state index in [0.29, 0.717) is 23.5 Å². The highest BCUT2D eigenvalue weighted by molar-refractivity contribution is 6.28. The van der Waals surface area contributed by atoms with Gasteiger partial charge in [0.2, 0.25) is 5.91 Å². The van der Waals surface area contributed by atoms with Crippen LogP contribution in [0.1, 0.15) is 49.0 Å². The molecule has 1 unspecified atom stereocenters. The number of fused-ring (bicyclic) bond motifs is 1. The van der Waals surface area contributed by atoms with Crippen molar-refractivity contribution in [3.05, 3.63) is 59.8 Å². The van der Waals surface area contributed by atoms with Crippen molar-refractivity contribution in [2.24, 2.45) is 4.99 Å². The number of carbonyl (C=O) groups excluding carboxylic acids is 2. The van der Waals surface area contributed by atoms with Crippen LogP contribution in [0.15, 0.2) is 53.7 Å². The van der Waals surface area contributed by atoms with E-state index in [0.717, 1.165) is 17.9 Å². The molecule has 1 aromatic carbocycles. The van der Waals surface area contributed by atoms with Crippen LogP contribution in [-0.2, 0) is 4.79 Å². The van der Waals surface area contributed by atoms with E-state index < -0.39 is 5.92 Å². The van der Waals surface area contributed by atoms with Crippen molar-refractivity contribution in [1.82, 2.24) is 10.3 Å². The van der Waals surface area contributed by atoms with Crippen LogP contribution in [-0.4, -0.2) is 41.6 Å². The van der Waals surface area contributed by atoms with E-state index >= 15 is 0 Å². The minimum atomic E-state index is -0.591. The maximum absolute atomic E-state index is 13.1. The van der Waals surface area contributed by atoms with Crippen molar-refractivity contribution in [3.8, 4) is 0 Å². The lowest BCUT2D eigenvalue weighted by Gasteiger charge is -2.30. The molecule has 0 aliphatic carbocycles. The molecule has 28 heavy (non-hydrogen) atoms. The summed E-state index contributed by atoms with van der Waals surface area (Å²) < 4.78 is 0. The average molecular weight is 378 g/mol. The Bertz CT molecular complexity index is 872. The Labute approximate surface area is 165 Å². The van der Waals surface area contributed by atoms with Crippen LogP contribution in [0.5, 0.6) is 0 Å². The van der Waals surface area contributed by atoms with Crippen molar-refractivity contribution in [2.75, 3.05) is 18.0 Å². The first kappa shape index (κ1) is 19.9. The number of hydrogen-bond donors (Lipinski definition) is 1. The molecule has 6 heteroatoms. The molecular formula is C22H26N4O2. The molecule has 3 rings (SSSR count). The fourth-order valence-corrected chi connectivity index (χ4v) is 3.12. The van der Waals surface area contributed by atoms with Crippen molar-refractivity contribution < 1.29 is 9.59 Å². The minimum absolute atomic E-state index is 0.0749. The van der Waals surface area contributed by atoms with Crippen molar-refractivity contribution >= 4 is 23.8 Å². The zero-order chi connectivity index (χ0) is 20.1. The van der Waals surface area contributed by atoms with Gasteiger partial charge in [0.15, 0.2) is 0 Å². The number of anilines is 1. The predicted octanol–water partition coefficient (Wildman–Crippen LogP) is 3.20. The van der Waals surface area contributed by atoms with Crippen LogP contribution in [0, 0.1) is 0 Å². The van der Waals surface area contributed by atoms with Crippen molar-refractivity contribution in [2.45, 2.75) is 38.6 Å². The number of nitrogens with one attached hydrogen (secondary N) is 1. The van der Waals surface area contributed by atoms with Gasteiger partial charge in [0.25, 0.3) is 5.91 Å². The normalized spacial score (nSPS) is 17.2. The molecule has 0 spiro atoms. The maximum atomic E-state index is 13.1. The number of nitrogens with zero attached hydrogens (tertiary/aromatic N) is 3. The molecular weight excluding hydrogens is 352 g/mol. The molecule has 0 saturated heterocycles. The fourth-order valence-electron chi connectivity index (χ4n) is 3.12. The van der Waals surface area contributed by atoms with E-state index in [2.05, 4.69) is 36.1 Å². The van der Waals surface area contributed by atoms with Gasteiger partial charge in [-0.2, -0.15) is 0 Å². The standard InChI is InChI=1S/C22H26N4O2/c1-22(2,3)25-14-8-12-23-15-18-16-9-4-5-10-17(16)20(27)26(21(18)28)19-11-6-7-13-24-19/h4-7,9-11,13,15,18,25H,8,12,14H2,1-3H3. The van der Waals surface area contributed by atoms with Crippen LogP contribution in [0.25, 0.3) is 0 Å². The van der Waals surface area contributed by atoms with E-state index in [-0.39, 0.29) is 17.4 Å². The molecule has 146 valence electrons. The zero-order valence-electron chi connectivity index (χ0n) is 16.6. The first-order valence-corrected chi connectivity index (χ1v) is 9.52. The molecule has 0 fully saturated rings. The van der Waals surface area contributed by atoms with Crippen molar-refractivity contribution in [3.63, 3.8) is 0 Å². The van der Waals surface area contributed by atoms with Gasteiger partial charge in [-0.25, -0.2) is 9.88 Å². The van der Waals surface area contributed by atoms with Crippen LogP contribution in [0.3, 0.4) is 0 Å². The first-order valence-electron chi connectivity index (χ1n) is 9.52. The Balaban J connectivity index is 1.79. The molecule has 0 radical (unpaired) electrons. The number of carbonyl (C=O) groups is 2. The first-order chi connectivity index (χ1) is 13.4. The minimum Gasteiger partial charge on any atom is -0.312 e. The SMILES string of the molecule is CC(C)(C)NCCCN=CC1C(=O)N(c2ccccn2)C(=O)c2ccccc21. The third kappa shape index (κ3) is 4.51. The smallest absolute Gasteiger partial charge is 0.266 e. The van der Waals surface area contributed by atoms with Crippen LogP contribution in [0.4, 0.5) is 5.82 Å². The third-order valence-corrected chi connectivity index (χ3v) is 4.47. The molecule has 0 saturated carbocycles. The Kier molecular flexibility index (Phi) is 5.99. The van der Waals surface area contributed by atoms with Gasteiger partial charge in [0.05, 0.1) is 5.92 Å². The number of hydrogen-bond acceptors (Lipinski definition) is 5. The largest absolute Gasteiger partial charge is 0.312 e. The second-order valence-electron chi connectivity index (χ2n) is 7.82. The highest BCUT2D eigenvalue weighted by Crippen LogP contribution is 2.30. The quantitative estimate of drug-likeness (QED) is 0.476. The topological polar surface area (TPSA) is 74.7 Å².